The minimum atomic E-state index is 0.128. The van der Waals surface area contributed by atoms with Gasteiger partial charge in [-0.15, -0.1) is 0 Å². The summed E-state index contributed by atoms with van der Waals surface area (Å²) < 4.78 is 4.62. The summed E-state index contributed by atoms with van der Waals surface area (Å²) in [6.07, 6.45) is 9.85. The number of likely N-dealkylation sites (N-methyl/N-ethyl adjacent to an activating group) is 2. The fourth-order valence-electron chi connectivity index (χ4n) is 9.64. The van der Waals surface area contributed by atoms with Crippen molar-refractivity contribution in [2.24, 2.45) is 11.8 Å². The van der Waals surface area contributed by atoms with Gasteiger partial charge in [0, 0.05) is 52.8 Å². The predicted molar refractivity (Wildman–Crippen MR) is 246 cm³/mol. The van der Waals surface area contributed by atoms with Crippen molar-refractivity contribution in [3.8, 4) is 0 Å². The first kappa shape index (κ1) is 47.9. The van der Waals surface area contributed by atoms with Gasteiger partial charge in [-0.3, -0.25) is 9.59 Å². The normalized spacial score (nSPS) is 19.8. The molecule has 4 saturated heterocycles. The number of likely N-dealkylation sites (tertiary alicyclic amines) is 1. The van der Waals surface area contributed by atoms with Gasteiger partial charge in [0.25, 0.3) is 11.8 Å². The topological polar surface area (TPSA) is 47.1 Å². The zero-order chi connectivity index (χ0) is 41.3. The number of piperazine rings is 2. The second kappa shape index (κ2) is 24.4. The summed E-state index contributed by atoms with van der Waals surface area (Å²) in [5, 5.41) is 0. The van der Waals surface area contributed by atoms with Gasteiger partial charge < -0.3 is 28.6 Å². The van der Waals surface area contributed by atoms with E-state index < -0.39 is 0 Å². The molecule has 2 aromatic carbocycles. The summed E-state index contributed by atoms with van der Waals surface area (Å²) in [6.45, 7) is 32.6. The minimum absolute atomic E-state index is 0.128. The second-order valence-corrected chi connectivity index (χ2v) is 18.6. The lowest BCUT2D eigenvalue weighted by Gasteiger charge is -2.54. The van der Waals surface area contributed by atoms with Crippen LogP contribution in [-0.2, 0) is 0 Å². The van der Waals surface area contributed by atoms with E-state index in [0.717, 1.165) is 97.4 Å². The molecule has 4 fully saturated rings. The Labute approximate surface area is 364 Å². The number of rotatable bonds is 14. The van der Waals surface area contributed by atoms with Crippen molar-refractivity contribution in [1.29, 1.82) is 0 Å². The molecule has 4 aliphatic rings. The fraction of sp³-hybridized carbons (Fsp3) is 0.702. The van der Waals surface area contributed by atoms with Gasteiger partial charge in [0.05, 0.1) is 39.3 Å². The van der Waals surface area contributed by atoms with E-state index in [2.05, 4.69) is 60.4 Å². The van der Waals surface area contributed by atoms with Crippen molar-refractivity contribution < 1.29 is 18.6 Å². The molecule has 4 aliphatic heterocycles. The van der Waals surface area contributed by atoms with E-state index in [-0.39, 0.29) is 11.8 Å². The van der Waals surface area contributed by atoms with Crippen LogP contribution in [0.2, 0.25) is 0 Å². The lowest BCUT2D eigenvalue weighted by atomic mass is 9.86. The fourth-order valence-corrected chi connectivity index (χ4v) is 10.2. The Morgan fingerprint density at radius 1 is 0.614 bits per heavy atom. The standard InChI is InChI=1S/C43H66Br2N6O2.2C2H6/c1-3-46(24-25-48(4-2)42(52)38-8-12-40(44)13-9-38)22-23-47-20-16-36(17-21-47)6-5-7-37-18-28-50(29-19-37)32-34-51(35-33-50)30-26-49(27-31-51)43(53)39-10-14-41(45)15-11-39;2*1-2/h8-15,36-37H,3-7,16-35H2,1-2H3;2*1-2H3/q+2;;. The number of benzene rings is 2. The molecule has 0 atom stereocenters. The summed E-state index contributed by atoms with van der Waals surface area (Å²) in [6, 6.07) is 15.5. The van der Waals surface area contributed by atoms with Crippen LogP contribution in [0.3, 0.4) is 0 Å². The van der Waals surface area contributed by atoms with E-state index in [1.165, 1.54) is 106 Å². The van der Waals surface area contributed by atoms with Crippen molar-refractivity contribution in [2.75, 3.05) is 118 Å². The van der Waals surface area contributed by atoms with Crippen LogP contribution < -0.4 is 0 Å². The Morgan fingerprint density at radius 3 is 1.61 bits per heavy atom. The van der Waals surface area contributed by atoms with E-state index in [4.69, 9.17) is 0 Å². The van der Waals surface area contributed by atoms with Gasteiger partial charge in [0.2, 0.25) is 0 Å². The molecule has 2 amide bonds. The highest BCUT2D eigenvalue weighted by Crippen LogP contribution is 2.32. The maximum atomic E-state index is 13.1. The molecular formula is C47H78Br2N6O2+2. The second-order valence-electron chi connectivity index (χ2n) is 16.8. The summed E-state index contributed by atoms with van der Waals surface area (Å²) in [7, 11) is 0. The van der Waals surface area contributed by atoms with Crippen LogP contribution in [0.1, 0.15) is 107 Å². The maximum absolute atomic E-state index is 13.1. The van der Waals surface area contributed by atoms with Gasteiger partial charge in [-0.2, -0.15) is 0 Å². The third kappa shape index (κ3) is 14.1. The van der Waals surface area contributed by atoms with Crippen molar-refractivity contribution in [3.63, 3.8) is 0 Å². The number of hydrogen-bond acceptors (Lipinski definition) is 4. The number of hydrogen-bond donors (Lipinski definition) is 0. The molecule has 320 valence electrons. The Balaban J connectivity index is 0.00000174. The molecule has 6 rings (SSSR count). The Kier molecular flexibility index (Phi) is 20.5. The van der Waals surface area contributed by atoms with Crippen molar-refractivity contribution in [3.05, 3.63) is 68.6 Å². The van der Waals surface area contributed by atoms with Crippen molar-refractivity contribution in [1.82, 2.24) is 19.6 Å². The van der Waals surface area contributed by atoms with Crippen molar-refractivity contribution in [2.45, 2.75) is 86.5 Å². The third-order valence-electron chi connectivity index (χ3n) is 13.7. The first-order valence-electron chi connectivity index (χ1n) is 22.9. The molecule has 2 aromatic rings. The van der Waals surface area contributed by atoms with Crippen LogP contribution in [0, 0.1) is 11.8 Å². The number of carbonyl (C=O) groups excluding carboxylic acids is 2. The van der Waals surface area contributed by atoms with E-state index in [1.807, 2.05) is 81.1 Å². The van der Waals surface area contributed by atoms with Crippen molar-refractivity contribution >= 4 is 43.7 Å². The summed E-state index contributed by atoms with van der Waals surface area (Å²) in [5.74, 6) is 2.16. The number of halogens is 2. The molecule has 0 unspecified atom stereocenters. The highest BCUT2D eigenvalue weighted by atomic mass is 79.9. The quantitative estimate of drug-likeness (QED) is 0.178. The number of carbonyl (C=O) groups is 2. The molecule has 0 radical (unpaired) electrons. The van der Waals surface area contributed by atoms with Crippen LogP contribution in [0.15, 0.2) is 57.5 Å². The Morgan fingerprint density at radius 2 is 1.11 bits per heavy atom. The highest BCUT2D eigenvalue weighted by Gasteiger charge is 2.45. The average Bonchev–Trinajstić information content (AvgIpc) is 3.26. The maximum Gasteiger partial charge on any atom is 0.254 e. The monoisotopic (exact) mass is 916 g/mol. The van der Waals surface area contributed by atoms with Crippen LogP contribution in [0.5, 0.6) is 0 Å². The molecule has 4 heterocycles. The number of quaternary nitrogens is 2. The van der Waals surface area contributed by atoms with E-state index in [1.54, 1.807) is 0 Å². The van der Waals surface area contributed by atoms with Gasteiger partial charge in [0.1, 0.15) is 26.2 Å². The van der Waals surface area contributed by atoms with Gasteiger partial charge in [-0.05, 0) is 113 Å². The highest BCUT2D eigenvalue weighted by molar-refractivity contribution is 9.10. The van der Waals surface area contributed by atoms with Crippen LogP contribution >= 0.6 is 31.9 Å². The summed E-state index contributed by atoms with van der Waals surface area (Å²) in [4.78, 5) is 35.4. The Hall–Kier alpha value is -1.82. The molecule has 2 spiro atoms. The number of nitrogens with zero attached hydrogens (tertiary/aromatic N) is 6. The van der Waals surface area contributed by atoms with Gasteiger partial charge in [-0.25, -0.2) is 0 Å². The van der Waals surface area contributed by atoms with Gasteiger partial charge in [-0.1, -0.05) is 85.7 Å². The lowest BCUT2D eigenvalue weighted by Crippen LogP contribution is -2.71. The zero-order valence-electron chi connectivity index (χ0n) is 36.7. The van der Waals surface area contributed by atoms with Crippen LogP contribution in [-0.4, -0.2) is 158 Å². The molecule has 0 saturated carbocycles. The SMILES string of the molecule is CC.CC.CCN(CCN1CCC(CCCC2CC[N+]3(CC2)CC[N+]2(CCN(C(=O)c4ccc(Br)cc4)CC2)CC3)CC1)CCN(CC)C(=O)c1ccc(Br)cc1. The minimum Gasteiger partial charge on any atom is -0.338 e. The first-order valence-corrected chi connectivity index (χ1v) is 24.5. The van der Waals surface area contributed by atoms with Crippen LogP contribution in [0.4, 0.5) is 0 Å². The third-order valence-corrected chi connectivity index (χ3v) is 14.8. The molecule has 10 heteroatoms. The van der Waals surface area contributed by atoms with E-state index >= 15 is 0 Å². The van der Waals surface area contributed by atoms with E-state index in [0.29, 0.717) is 0 Å². The Bertz CT molecular complexity index is 1440. The average molecular weight is 919 g/mol. The predicted octanol–water partition coefficient (Wildman–Crippen LogP) is 9.14. The smallest absolute Gasteiger partial charge is 0.254 e. The zero-order valence-corrected chi connectivity index (χ0v) is 39.9. The van der Waals surface area contributed by atoms with E-state index in [9.17, 15) is 9.59 Å². The molecule has 57 heavy (non-hydrogen) atoms. The summed E-state index contributed by atoms with van der Waals surface area (Å²) in [5.41, 5.74) is 1.57. The first-order chi connectivity index (χ1) is 27.7. The lowest BCUT2D eigenvalue weighted by molar-refractivity contribution is -1.03. The molecule has 8 nitrogen and oxygen atoms in total. The molecule has 0 N–H and O–H groups in total. The summed E-state index contributed by atoms with van der Waals surface area (Å²) >= 11 is 6.95. The molecule has 0 aromatic heterocycles. The largest absolute Gasteiger partial charge is 0.338 e. The van der Waals surface area contributed by atoms with Crippen LogP contribution in [0.25, 0.3) is 0 Å². The number of amides is 2. The number of piperidine rings is 2. The molecule has 0 bridgehead atoms. The molecular weight excluding hydrogens is 840 g/mol. The van der Waals surface area contributed by atoms with Gasteiger partial charge in [0.15, 0.2) is 0 Å². The molecule has 0 aliphatic carbocycles. The van der Waals surface area contributed by atoms with Gasteiger partial charge >= 0.3 is 0 Å².